The van der Waals surface area contributed by atoms with E-state index in [1.54, 1.807) is 27.9 Å². The number of hydrazine groups is 1. The Labute approximate surface area is 248 Å². The van der Waals surface area contributed by atoms with Crippen molar-refractivity contribution in [2.24, 2.45) is 5.92 Å². The molecular formula is C32H45N4O6+. The zero-order valence-electron chi connectivity index (χ0n) is 25.5. The summed E-state index contributed by atoms with van der Waals surface area (Å²) < 4.78 is -0.296. The van der Waals surface area contributed by atoms with E-state index in [-0.39, 0.29) is 34.5 Å². The molecule has 2 aromatic carbocycles. The van der Waals surface area contributed by atoms with Crippen LogP contribution in [0.3, 0.4) is 0 Å². The predicted octanol–water partition coefficient (Wildman–Crippen LogP) is 3.05. The van der Waals surface area contributed by atoms with E-state index in [0.29, 0.717) is 25.8 Å². The van der Waals surface area contributed by atoms with E-state index in [2.05, 4.69) is 10.7 Å². The van der Waals surface area contributed by atoms with Gasteiger partial charge in [-0.25, -0.2) is 10.2 Å². The van der Waals surface area contributed by atoms with E-state index in [1.165, 1.54) is 5.01 Å². The van der Waals surface area contributed by atoms with Crippen molar-refractivity contribution in [3.8, 4) is 11.1 Å². The van der Waals surface area contributed by atoms with Gasteiger partial charge in [0, 0.05) is 13.0 Å². The minimum atomic E-state index is -1.02. The monoisotopic (exact) mass is 581 g/mol. The maximum Gasteiger partial charge on any atom is 0.336 e. The minimum Gasteiger partial charge on any atom is -0.480 e. The zero-order chi connectivity index (χ0) is 31.2. The number of likely N-dealkylation sites (N-methyl/N-ethyl adjacent to an activating group) is 1. The fourth-order valence-corrected chi connectivity index (χ4v) is 5.03. The Balaban J connectivity index is 1.61. The normalized spacial score (nSPS) is 17.8. The number of rotatable bonds is 11. The van der Waals surface area contributed by atoms with Crippen LogP contribution in [0.5, 0.6) is 0 Å². The van der Waals surface area contributed by atoms with Crippen LogP contribution >= 0.6 is 0 Å². The first-order chi connectivity index (χ1) is 19.7. The molecule has 4 atom stereocenters. The number of carbonyl (C=O) groups is 4. The highest BCUT2D eigenvalue weighted by Gasteiger charge is 2.45. The van der Waals surface area contributed by atoms with Gasteiger partial charge in [0.25, 0.3) is 5.91 Å². The number of carbonyl (C=O) groups excluding carboxylic acids is 3. The van der Waals surface area contributed by atoms with Gasteiger partial charge in [-0.1, -0.05) is 56.3 Å². The molecule has 0 bridgehead atoms. The van der Waals surface area contributed by atoms with Crippen LogP contribution in [0.15, 0.2) is 48.5 Å². The van der Waals surface area contributed by atoms with E-state index in [1.807, 2.05) is 62.4 Å². The lowest BCUT2D eigenvalue weighted by Crippen LogP contribution is -2.67. The Morgan fingerprint density at radius 2 is 1.69 bits per heavy atom. The largest absolute Gasteiger partial charge is 0.480 e. The van der Waals surface area contributed by atoms with Crippen LogP contribution in [-0.2, 0) is 25.6 Å². The van der Waals surface area contributed by atoms with Crippen molar-refractivity contribution in [3.63, 3.8) is 0 Å². The molecule has 0 spiro atoms. The molecule has 1 aliphatic heterocycles. The third-order valence-electron chi connectivity index (χ3n) is 8.19. The van der Waals surface area contributed by atoms with E-state index in [4.69, 9.17) is 0 Å². The van der Waals surface area contributed by atoms with Crippen molar-refractivity contribution in [1.82, 2.24) is 15.8 Å². The average Bonchev–Trinajstić information content (AvgIpc) is 2.97. The molecule has 2 aromatic rings. The molecule has 1 fully saturated rings. The smallest absolute Gasteiger partial charge is 0.336 e. The highest BCUT2D eigenvalue weighted by atomic mass is 16.4. The average molecular weight is 582 g/mol. The van der Waals surface area contributed by atoms with E-state index < -0.39 is 30.2 Å². The fourth-order valence-electron chi connectivity index (χ4n) is 5.03. The fraction of sp³-hybridized carbons (Fsp3) is 0.500. The molecule has 3 rings (SSSR count). The summed E-state index contributed by atoms with van der Waals surface area (Å²) in [4.78, 5) is 51.3. The van der Waals surface area contributed by atoms with Crippen molar-refractivity contribution < 1.29 is 33.9 Å². The highest BCUT2D eigenvalue weighted by molar-refractivity contribution is 5.87. The van der Waals surface area contributed by atoms with E-state index in [0.717, 1.165) is 22.3 Å². The maximum atomic E-state index is 13.7. The second kappa shape index (κ2) is 14.0. The molecule has 0 aliphatic carbocycles. The molecule has 1 aliphatic rings. The third-order valence-corrected chi connectivity index (χ3v) is 8.19. The number of benzene rings is 2. The summed E-state index contributed by atoms with van der Waals surface area (Å²) in [6.07, 6.45) is 1.12. The lowest BCUT2D eigenvalue weighted by atomic mass is 9.98. The summed E-state index contributed by atoms with van der Waals surface area (Å²) in [5.41, 5.74) is 6.61. The number of aliphatic hydroxyl groups is 1. The maximum absolute atomic E-state index is 13.7. The van der Waals surface area contributed by atoms with Gasteiger partial charge >= 0.3 is 11.9 Å². The van der Waals surface area contributed by atoms with Crippen molar-refractivity contribution in [2.75, 3.05) is 20.6 Å². The van der Waals surface area contributed by atoms with E-state index >= 15 is 0 Å². The Kier molecular flexibility index (Phi) is 11.0. The molecule has 3 amide bonds. The first-order valence-electron chi connectivity index (χ1n) is 14.6. The molecule has 1 saturated heterocycles. The zero-order valence-corrected chi connectivity index (χ0v) is 25.5. The number of hydrogen-bond donors (Lipinski definition) is 4. The van der Waals surface area contributed by atoms with E-state index in [9.17, 15) is 29.4 Å². The SMILES string of the molecule is CC(O)c1cccc(-c2ccc(CCC(=O)N[C@H](C(=O)[N+](C)(C)C(C)C(=O)N3CCC[C@@H](C(=O)O)N3)C(C)C)cc2)c1. The second-order valence-corrected chi connectivity index (χ2v) is 12.0. The van der Waals surface area contributed by atoms with Gasteiger partial charge in [0.15, 0.2) is 6.04 Å². The molecule has 10 heteroatoms. The molecule has 0 saturated carbocycles. The number of aryl methyl sites for hydroxylation is 1. The summed E-state index contributed by atoms with van der Waals surface area (Å²) >= 11 is 0. The first kappa shape index (κ1) is 32.9. The first-order valence-corrected chi connectivity index (χ1v) is 14.6. The minimum absolute atomic E-state index is 0.198. The molecule has 228 valence electrons. The van der Waals surface area contributed by atoms with Gasteiger partial charge in [-0.2, -0.15) is 0 Å². The van der Waals surface area contributed by atoms with Gasteiger partial charge in [-0.05, 0) is 67.3 Å². The van der Waals surface area contributed by atoms with Crippen molar-refractivity contribution in [3.05, 3.63) is 59.7 Å². The summed E-state index contributed by atoms with van der Waals surface area (Å²) in [7, 11) is 3.28. The summed E-state index contributed by atoms with van der Waals surface area (Å²) in [6.45, 7) is 7.45. The predicted molar refractivity (Wildman–Crippen MR) is 160 cm³/mol. The van der Waals surface area contributed by atoms with Crippen LogP contribution in [0.2, 0.25) is 0 Å². The standard InChI is InChI=1S/C32H44N4O6/c1-20(2)29(31(40)36(5,6)21(3)30(39)35-18-8-11-27(34-35)32(41)42)33-28(38)17-14-23-12-15-24(16-13-23)26-10-7-9-25(19-26)22(4)37/h7,9-10,12-13,15-16,19-22,27,29,34,37H,8,11,14,17-18H2,1-6H3,(H-,33,38,41,42)/p+1/t21?,22?,27-,29-/m0/s1. The Morgan fingerprint density at radius 3 is 2.29 bits per heavy atom. The number of quaternary nitrogens is 1. The molecule has 0 radical (unpaired) electrons. The summed E-state index contributed by atoms with van der Waals surface area (Å²) in [6, 6.07) is 13.2. The van der Waals surface area contributed by atoms with Gasteiger partial charge < -0.3 is 15.5 Å². The lowest BCUT2D eigenvalue weighted by Gasteiger charge is -2.40. The summed E-state index contributed by atoms with van der Waals surface area (Å²) in [5, 5.41) is 23.4. The Hall–Kier alpha value is -3.60. The van der Waals surface area contributed by atoms with Gasteiger partial charge in [0.2, 0.25) is 5.91 Å². The quantitative estimate of drug-likeness (QED) is 0.300. The number of hydrogen-bond acceptors (Lipinski definition) is 6. The molecule has 0 aromatic heterocycles. The number of carboxylic acids is 1. The third kappa shape index (κ3) is 8.02. The van der Waals surface area contributed by atoms with Gasteiger partial charge in [-0.3, -0.25) is 23.9 Å². The number of amides is 3. The Bertz CT molecular complexity index is 1270. The van der Waals surface area contributed by atoms with Crippen molar-refractivity contribution >= 4 is 23.7 Å². The summed E-state index contributed by atoms with van der Waals surface area (Å²) in [5.74, 6) is -2.14. The number of nitrogens with one attached hydrogen (secondary N) is 2. The highest BCUT2D eigenvalue weighted by Crippen LogP contribution is 2.24. The molecule has 2 unspecified atom stereocenters. The van der Waals surface area contributed by atoms with Gasteiger partial charge in [-0.15, -0.1) is 0 Å². The van der Waals surface area contributed by atoms with Crippen molar-refractivity contribution in [2.45, 2.75) is 77.6 Å². The van der Waals surface area contributed by atoms with Crippen LogP contribution in [0.4, 0.5) is 0 Å². The van der Waals surface area contributed by atoms with Crippen LogP contribution in [0.25, 0.3) is 11.1 Å². The molecular weight excluding hydrogens is 536 g/mol. The molecule has 42 heavy (non-hydrogen) atoms. The lowest BCUT2D eigenvalue weighted by molar-refractivity contribution is -0.830. The molecule has 4 N–H and O–H groups in total. The van der Waals surface area contributed by atoms with Gasteiger partial charge in [0.05, 0.1) is 20.2 Å². The topological polar surface area (TPSA) is 136 Å². The number of aliphatic carboxylic acids is 1. The van der Waals surface area contributed by atoms with Crippen molar-refractivity contribution in [1.29, 1.82) is 0 Å². The number of aliphatic hydroxyl groups excluding tert-OH is 1. The van der Waals surface area contributed by atoms with Gasteiger partial charge in [0.1, 0.15) is 12.1 Å². The van der Waals surface area contributed by atoms with Crippen LogP contribution in [-0.4, -0.2) is 82.2 Å². The Morgan fingerprint density at radius 1 is 1.02 bits per heavy atom. The second-order valence-electron chi connectivity index (χ2n) is 12.0. The van der Waals surface area contributed by atoms with Crippen LogP contribution in [0.1, 0.15) is 64.2 Å². The number of carboxylic acid groups (broad SMARTS) is 1. The van der Waals surface area contributed by atoms with Crippen LogP contribution in [0, 0.1) is 5.92 Å². The molecule has 1 heterocycles. The molecule has 10 nitrogen and oxygen atoms in total. The number of nitrogens with zero attached hydrogens (tertiary/aromatic N) is 2. The van der Waals surface area contributed by atoms with Crippen LogP contribution < -0.4 is 10.7 Å².